The van der Waals surface area contributed by atoms with Crippen LogP contribution < -0.4 is 15.0 Å². The van der Waals surface area contributed by atoms with Crippen LogP contribution in [0.2, 0.25) is 0 Å². The monoisotopic (exact) mass is 346 g/mol. The number of hydrogen-bond donors (Lipinski definition) is 1. The Balaban J connectivity index is 2.01. The van der Waals surface area contributed by atoms with Crippen molar-refractivity contribution in [3.63, 3.8) is 0 Å². The van der Waals surface area contributed by atoms with Gasteiger partial charge in [-0.1, -0.05) is 36.4 Å². The van der Waals surface area contributed by atoms with E-state index in [2.05, 4.69) is 4.98 Å². The zero-order valence-electron chi connectivity index (χ0n) is 14.6. The van der Waals surface area contributed by atoms with Crippen molar-refractivity contribution >= 4 is 0 Å². The van der Waals surface area contributed by atoms with Crippen molar-refractivity contribution in [3.8, 4) is 28.7 Å². The molecule has 0 saturated carbocycles. The van der Waals surface area contributed by atoms with Gasteiger partial charge in [0.05, 0.1) is 7.11 Å². The third-order valence-corrected chi connectivity index (χ3v) is 3.99. The predicted molar refractivity (Wildman–Crippen MR) is 99.3 cm³/mol. The van der Waals surface area contributed by atoms with E-state index in [-0.39, 0.29) is 5.56 Å². The fraction of sp³-hybridized carbons (Fsp3) is 0.143. The van der Waals surface area contributed by atoms with Gasteiger partial charge >= 0.3 is 0 Å². The molecule has 0 unspecified atom stereocenters. The summed E-state index contributed by atoms with van der Waals surface area (Å²) in [7, 11) is 1.57. The lowest BCUT2D eigenvalue weighted by atomic mass is 10.0. The topological polar surface area (TPSA) is 75.1 Å². The number of rotatable bonds is 5. The SMILES string of the molecule is COc1ccc(-c2cc(C)[nH]c(=O)c2C#N)cc1OCc1ccccc1. The highest BCUT2D eigenvalue weighted by Gasteiger charge is 2.13. The van der Waals surface area contributed by atoms with Crippen molar-refractivity contribution in [3.05, 3.63) is 81.8 Å². The van der Waals surface area contributed by atoms with Crippen LogP contribution in [-0.2, 0) is 6.61 Å². The molecule has 0 fully saturated rings. The normalized spacial score (nSPS) is 10.2. The summed E-state index contributed by atoms with van der Waals surface area (Å²) in [5.41, 5.74) is 2.69. The predicted octanol–water partition coefficient (Wildman–Crippen LogP) is 3.81. The van der Waals surface area contributed by atoms with Gasteiger partial charge in [-0.05, 0) is 36.2 Å². The Labute approximate surface area is 151 Å². The first-order valence-electron chi connectivity index (χ1n) is 8.11. The molecule has 3 aromatic rings. The maximum absolute atomic E-state index is 12.0. The van der Waals surface area contributed by atoms with E-state index in [0.717, 1.165) is 11.1 Å². The Kier molecular flexibility index (Phi) is 5.04. The van der Waals surface area contributed by atoms with Gasteiger partial charge in [0.2, 0.25) is 0 Å². The van der Waals surface area contributed by atoms with Gasteiger partial charge in [-0.2, -0.15) is 5.26 Å². The number of nitrogens with zero attached hydrogens (tertiary/aromatic N) is 1. The Morgan fingerprint density at radius 3 is 2.54 bits per heavy atom. The van der Waals surface area contributed by atoms with Gasteiger partial charge in [-0.3, -0.25) is 4.79 Å². The summed E-state index contributed by atoms with van der Waals surface area (Å²) in [6.07, 6.45) is 0. The van der Waals surface area contributed by atoms with E-state index in [1.165, 1.54) is 0 Å². The van der Waals surface area contributed by atoms with Crippen molar-refractivity contribution in [2.75, 3.05) is 7.11 Å². The Hall–Kier alpha value is -3.52. The fourth-order valence-corrected chi connectivity index (χ4v) is 2.72. The molecule has 0 atom stereocenters. The molecule has 3 rings (SSSR count). The van der Waals surface area contributed by atoms with E-state index < -0.39 is 5.56 Å². The summed E-state index contributed by atoms with van der Waals surface area (Å²) >= 11 is 0. The van der Waals surface area contributed by atoms with Crippen LogP contribution in [0.4, 0.5) is 0 Å². The zero-order valence-corrected chi connectivity index (χ0v) is 14.6. The van der Waals surface area contributed by atoms with Gasteiger partial charge in [-0.25, -0.2) is 0 Å². The van der Waals surface area contributed by atoms with Crippen molar-refractivity contribution in [2.45, 2.75) is 13.5 Å². The van der Waals surface area contributed by atoms with Crippen molar-refractivity contribution in [1.29, 1.82) is 5.26 Å². The van der Waals surface area contributed by atoms with Crippen LogP contribution in [0.5, 0.6) is 11.5 Å². The maximum Gasteiger partial charge on any atom is 0.266 e. The Bertz CT molecular complexity index is 1020. The molecule has 0 amide bonds. The van der Waals surface area contributed by atoms with E-state index in [1.54, 1.807) is 32.2 Å². The van der Waals surface area contributed by atoms with Gasteiger partial charge < -0.3 is 14.5 Å². The van der Waals surface area contributed by atoms with E-state index in [0.29, 0.717) is 29.4 Å². The molecule has 1 aromatic heterocycles. The minimum Gasteiger partial charge on any atom is -0.493 e. The first-order valence-corrected chi connectivity index (χ1v) is 8.11. The Morgan fingerprint density at radius 1 is 1.08 bits per heavy atom. The number of aromatic amines is 1. The molecule has 1 N–H and O–H groups in total. The number of H-pyrrole nitrogens is 1. The smallest absolute Gasteiger partial charge is 0.266 e. The van der Waals surface area contributed by atoms with Crippen LogP contribution in [0.15, 0.2) is 59.4 Å². The van der Waals surface area contributed by atoms with Gasteiger partial charge in [0.1, 0.15) is 18.2 Å². The number of benzene rings is 2. The van der Waals surface area contributed by atoms with Crippen molar-refractivity contribution in [2.24, 2.45) is 0 Å². The van der Waals surface area contributed by atoms with Crippen LogP contribution in [0.1, 0.15) is 16.8 Å². The standard InChI is InChI=1S/C21H18N2O3/c1-14-10-17(18(12-22)21(24)23-14)16-8-9-19(25-2)20(11-16)26-13-15-6-4-3-5-7-15/h3-11H,13H2,1-2H3,(H,23,24). The second-order valence-corrected chi connectivity index (χ2v) is 5.82. The average molecular weight is 346 g/mol. The van der Waals surface area contributed by atoms with Gasteiger partial charge in [0, 0.05) is 11.3 Å². The van der Waals surface area contributed by atoms with Gasteiger partial charge in [0.25, 0.3) is 5.56 Å². The molecular formula is C21H18N2O3. The fourth-order valence-electron chi connectivity index (χ4n) is 2.72. The van der Waals surface area contributed by atoms with Crippen LogP contribution in [0, 0.1) is 18.3 Å². The highest BCUT2D eigenvalue weighted by Crippen LogP contribution is 2.33. The van der Waals surface area contributed by atoms with Crippen LogP contribution in [0.25, 0.3) is 11.1 Å². The molecule has 0 spiro atoms. The largest absolute Gasteiger partial charge is 0.493 e. The molecule has 0 saturated heterocycles. The second kappa shape index (κ2) is 7.58. The Morgan fingerprint density at radius 2 is 1.85 bits per heavy atom. The molecule has 0 radical (unpaired) electrons. The molecule has 0 aliphatic carbocycles. The molecule has 0 aliphatic heterocycles. The molecule has 0 bridgehead atoms. The first-order chi connectivity index (χ1) is 12.6. The van der Waals surface area contributed by atoms with E-state index >= 15 is 0 Å². The van der Waals surface area contributed by atoms with Crippen LogP contribution >= 0.6 is 0 Å². The minimum atomic E-state index is -0.398. The number of aromatic nitrogens is 1. The van der Waals surface area contributed by atoms with Crippen LogP contribution in [0.3, 0.4) is 0 Å². The number of pyridine rings is 1. The summed E-state index contributed by atoms with van der Waals surface area (Å²) in [6, 6.07) is 18.9. The molecule has 1 heterocycles. The second-order valence-electron chi connectivity index (χ2n) is 5.82. The summed E-state index contributed by atoms with van der Waals surface area (Å²) in [5.74, 6) is 1.14. The quantitative estimate of drug-likeness (QED) is 0.762. The molecule has 5 heteroatoms. The molecule has 26 heavy (non-hydrogen) atoms. The lowest BCUT2D eigenvalue weighted by Crippen LogP contribution is -2.12. The van der Waals surface area contributed by atoms with Gasteiger partial charge in [-0.15, -0.1) is 0 Å². The lowest BCUT2D eigenvalue weighted by Gasteiger charge is -2.13. The van der Waals surface area contributed by atoms with E-state index in [1.807, 2.05) is 42.5 Å². The zero-order chi connectivity index (χ0) is 18.5. The van der Waals surface area contributed by atoms with Crippen molar-refractivity contribution in [1.82, 2.24) is 4.98 Å². The molecule has 0 aliphatic rings. The molecular weight excluding hydrogens is 328 g/mol. The van der Waals surface area contributed by atoms with Gasteiger partial charge in [0.15, 0.2) is 11.5 Å². The summed E-state index contributed by atoms with van der Waals surface area (Å²) < 4.78 is 11.3. The lowest BCUT2D eigenvalue weighted by molar-refractivity contribution is 0.284. The number of nitrogens with one attached hydrogen (secondary N) is 1. The number of ether oxygens (including phenoxy) is 2. The van der Waals surface area contributed by atoms with E-state index in [4.69, 9.17) is 9.47 Å². The molecule has 2 aromatic carbocycles. The average Bonchev–Trinajstić information content (AvgIpc) is 2.66. The summed E-state index contributed by atoms with van der Waals surface area (Å²) in [4.78, 5) is 14.7. The first kappa shape index (κ1) is 17.3. The summed E-state index contributed by atoms with van der Waals surface area (Å²) in [6.45, 7) is 2.17. The number of hydrogen-bond acceptors (Lipinski definition) is 4. The number of methoxy groups -OCH3 is 1. The highest BCUT2D eigenvalue weighted by molar-refractivity contribution is 5.72. The maximum atomic E-state index is 12.0. The third-order valence-electron chi connectivity index (χ3n) is 3.99. The third kappa shape index (κ3) is 3.60. The van der Waals surface area contributed by atoms with E-state index in [9.17, 15) is 10.1 Å². The number of aryl methyl sites for hydroxylation is 1. The van der Waals surface area contributed by atoms with Crippen LogP contribution in [-0.4, -0.2) is 12.1 Å². The molecule has 130 valence electrons. The summed E-state index contributed by atoms with van der Waals surface area (Å²) in [5, 5.41) is 9.35. The van der Waals surface area contributed by atoms with Crippen molar-refractivity contribution < 1.29 is 9.47 Å². The molecule has 5 nitrogen and oxygen atoms in total. The minimum absolute atomic E-state index is 0.0785. The highest BCUT2D eigenvalue weighted by atomic mass is 16.5. The number of nitriles is 1.